The second-order valence-corrected chi connectivity index (χ2v) is 21.0. The maximum Gasteiger partial charge on any atom is 0.333 e. The van der Waals surface area contributed by atoms with E-state index in [1.54, 1.807) is 0 Å². The zero-order valence-corrected chi connectivity index (χ0v) is 40.2. The van der Waals surface area contributed by atoms with Gasteiger partial charge in [0.1, 0.15) is 17.1 Å². The molecule has 2 aromatic heterocycles. The molecule has 0 amide bonds. The largest absolute Gasteiger partial charge is 0.457 e. The van der Waals surface area contributed by atoms with Crippen LogP contribution in [0.2, 0.25) is 0 Å². The second kappa shape index (κ2) is 14.6. The number of rotatable bonds is 5. The summed E-state index contributed by atoms with van der Waals surface area (Å²) >= 11 is 0. The zero-order chi connectivity index (χ0) is 47.2. The van der Waals surface area contributed by atoms with E-state index < -0.39 is 0 Å². The number of para-hydroxylation sites is 4. The molecular formula is C64H50BN3O2. The van der Waals surface area contributed by atoms with Crippen molar-refractivity contribution >= 4 is 84.9 Å². The number of aryl methyl sites for hydroxylation is 1. The first kappa shape index (κ1) is 40.8. The van der Waals surface area contributed by atoms with Crippen molar-refractivity contribution in [1.29, 1.82) is 0 Å². The van der Waals surface area contributed by atoms with Crippen LogP contribution in [0.15, 0.2) is 199 Å². The Bertz CT molecular complexity index is 3920. The molecule has 0 saturated heterocycles. The lowest BCUT2D eigenvalue weighted by Crippen LogP contribution is -2.57. The van der Waals surface area contributed by atoms with Gasteiger partial charge in [-0.1, -0.05) is 144 Å². The smallest absolute Gasteiger partial charge is 0.333 e. The Labute approximate surface area is 408 Å². The van der Waals surface area contributed by atoms with Crippen LogP contribution in [0, 0.1) is 6.92 Å². The van der Waals surface area contributed by atoms with Gasteiger partial charge in [-0.2, -0.15) is 0 Å². The third kappa shape index (κ3) is 5.80. The molecule has 0 saturated carbocycles. The average Bonchev–Trinajstić information content (AvgIpc) is 3.91. The van der Waals surface area contributed by atoms with Crippen LogP contribution in [0.5, 0.6) is 11.5 Å². The van der Waals surface area contributed by atoms with Crippen LogP contribution in [0.25, 0.3) is 55.2 Å². The highest BCUT2D eigenvalue weighted by Gasteiger charge is 2.47. The third-order valence-electron chi connectivity index (χ3n) is 15.3. The van der Waals surface area contributed by atoms with Crippen molar-refractivity contribution < 1.29 is 9.15 Å². The van der Waals surface area contributed by atoms with E-state index in [0.717, 1.165) is 73.0 Å². The lowest BCUT2D eigenvalue weighted by molar-refractivity contribution is 0.418. The minimum atomic E-state index is -0.338. The Kier molecular flexibility index (Phi) is 8.54. The SMILES string of the molecule is Cc1cc2c3c(c1)N(c1ccc(C(C)(C)C)cc1-c1ccccc1)c1cc4c(cc1B3n1c3c-2cc(N(c2ccccc2)c2ccccc2)cc3c2oc3ccccc3c21)Oc1ccccc1C4(C)C. The second-order valence-electron chi connectivity index (χ2n) is 21.0. The van der Waals surface area contributed by atoms with Gasteiger partial charge in [-0.15, -0.1) is 0 Å². The van der Waals surface area contributed by atoms with Crippen LogP contribution in [0.3, 0.4) is 0 Å². The number of hydrogen-bond acceptors (Lipinski definition) is 4. The van der Waals surface area contributed by atoms with E-state index in [1.165, 1.54) is 61.1 Å². The molecule has 0 atom stereocenters. The van der Waals surface area contributed by atoms with Crippen LogP contribution >= 0.6 is 0 Å². The van der Waals surface area contributed by atoms with Crippen LogP contribution in [0.4, 0.5) is 34.1 Å². The monoisotopic (exact) mass is 903 g/mol. The molecule has 0 radical (unpaired) electrons. The number of furan rings is 1. The Hall–Kier alpha value is -8.22. The molecule has 0 spiro atoms. The minimum Gasteiger partial charge on any atom is -0.457 e. The molecule has 0 N–H and O–H groups in total. The van der Waals surface area contributed by atoms with Crippen molar-refractivity contribution in [3.63, 3.8) is 0 Å². The predicted octanol–water partition coefficient (Wildman–Crippen LogP) is 16.1. The summed E-state index contributed by atoms with van der Waals surface area (Å²) in [5.41, 5.74) is 22.4. The normalized spacial score (nSPS) is 14.0. The van der Waals surface area contributed by atoms with Crippen LogP contribution in [0.1, 0.15) is 56.9 Å². The number of nitrogens with zero attached hydrogens (tertiary/aromatic N) is 3. The zero-order valence-electron chi connectivity index (χ0n) is 40.2. The number of benzene rings is 9. The summed E-state index contributed by atoms with van der Waals surface area (Å²) in [4.78, 5) is 4.97. The van der Waals surface area contributed by atoms with E-state index >= 15 is 0 Å². The van der Waals surface area contributed by atoms with Crippen molar-refractivity contribution in [2.75, 3.05) is 9.80 Å². The average molecular weight is 904 g/mol. The summed E-state index contributed by atoms with van der Waals surface area (Å²) < 4.78 is 16.8. The fourth-order valence-corrected chi connectivity index (χ4v) is 12.0. The molecule has 0 fully saturated rings. The summed E-state index contributed by atoms with van der Waals surface area (Å²) in [6.45, 7) is 13.6. The van der Waals surface area contributed by atoms with E-state index in [9.17, 15) is 0 Å². The number of aromatic nitrogens is 1. The third-order valence-corrected chi connectivity index (χ3v) is 15.3. The van der Waals surface area contributed by atoms with E-state index in [0.29, 0.717) is 0 Å². The Morgan fingerprint density at radius 1 is 0.529 bits per heavy atom. The van der Waals surface area contributed by atoms with Gasteiger partial charge in [-0.25, -0.2) is 0 Å². The molecule has 14 rings (SSSR count). The number of hydrogen-bond donors (Lipinski definition) is 0. The van der Waals surface area contributed by atoms with E-state index in [1.807, 2.05) is 0 Å². The highest BCUT2D eigenvalue weighted by Crippen LogP contribution is 2.54. The molecule has 3 aliphatic heterocycles. The van der Waals surface area contributed by atoms with Gasteiger partial charge in [0.2, 0.25) is 0 Å². The van der Waals surface area contributed by atoms with Crippen LogP contribution in [-0.2, 0) is 10.8 Å². The van der Waals surface area contributed by atoms with Gasteiger partial charge in [0.25, 0.3) is 0 Å². The van der Waals surface area contributed by atoms with E-state index in [2.05, 4.69) is 250 Å². The minimum absolute atomic E-state index is 0.0589. The quantitative estimate of drug-likeness (QED) is 0.161. The summed E-state index contributed by atoms with van der Waals surface area (Å²) in [5.74, 6) is 1.80. The lowest BCUT2D eigenvalue weighted by atomic mass is 9.44. The summed E-state index contributed by atoms with van der Waals surface area (Å²) in [6.07, 6.45) is 0. The number of fused-ring (bicyclic) bond motifs is 11. The van der Waals surface area contributed by atoms with Crippen molar-refractivity contribution in [2.24, 2.45) is 0 Å². The first-order chi connectivity index (χ1) is 34.0. The Morgan fingerprint density at radius 2 is 1.21 bits per heavy atom. The molecule has 0 unspecified atom stereocenters. The molecule has 9 aromatic carbocycles. The standard InChI is InChI=1S/C64H50BN3O2/c1-39-32-47-48-35-44(66(42-22-12-8-13-23-42)43-24-14-9-15-25-43)36-49-60(48)68(61-45-26-16-18-28-56(45)70-62(49)61)65-52-38-58-51(64(5,6)50-27-17-19-29-57(50)69-58)37-54(52)67(55(33-39)59(47)65)53-31-30-41(63(2,3)4)34-46(53)40-20-10-7-11-21-40/h7-38H,1-6H3. The molecule has 0 bridgehead atoms. The van der Waals surface area contributed by atoms with E-state index in [4.69, 9.17) is 9.15 Å². The molecule has 5 nitrogen and oxygen atoms in total. The fourth-order valence-electron chi connectivity index (χ4n) is 12.0. The van der Waals surface area contributed by atoms with Gasteiger partial charge < -0.3 is 23.4 Å². The molecule has 3 aliphatic rings. The van der Waals surface area contributed by atoms with Gasteiger partial charge in [0.15, 0.2) is 5.58 Å². The molecule has 5 heterocycles. The van der Waals surface area contributed by atoms with Crippen molar-refractivity contribution in [3.05, 3.63) is 216 Å². The highest BCUT2D eigenvalue weighted by molar-refractivity contribution is 6.90. The van der Waals surface area contributed by atoms with Gasteiger partial charge in [0.05, 0.1) is 11.2 Å². The summed E-state index contributed by atoms with van der Waals surface area (Å²) in [7, 11) is 0. The van der Waals surface area contributed by atoms with Crippen molar-refractivity contribution in [1.82, 2.24) is 4.48 Å². The van der Waals surface area contributed by atoms with Crippen molar-refractivity contribution in [3.8, 4) is 33.8 Å². The maximum atomic E-state index is 7.10. The molecule has 0 aliphatic carbocycles. The topological polar surface area (TPSA) is 33.8 Å². The van der Waals surface area contributed by atoms with Gasteiger partial charge in [0, 0.05) is 72.4 Å². The summed E-state index contributed by atoms with van der Waals surface area (Å²) in [5, 5.41) is 2.18. The molecule has 6 heteroatoms. The molecule has 70 heavy (non-hydrogen) atoms. The summed E-state index contributed by atoms with van der Waals surface area (Å²) in [6, 6.07) is 71.1. The van der Waals surface area contributed by atoms with Gasteiger partial charge in [-0.3, -0.25) is 0 Å². The fraction of sp³-hybridized carbons (Fsp3) is 0.125. The molecular weight excluding hydrogens is 854 g/mol. The van der Waals surface area contributed by atoms with Gasteiger partial charge >= 0.3 is 6.85 Å². The highest BCUT2D eigenvalue weighted by atomic mass is 16.5. The van der Waals surface area contributed by atoms with Crippen LogP contribution < -0.4 is 25.5 Å². The number of anilines is 6. The van der Waals surface area contributed by atoms with Gasteiger partial charge in [-0.05, 0) is 130 Å². The first-order valence-corrected chi connectivity index (χ1v) is 24.5. The lowest BCUT2D eigenvalue weighted by Gasteiger charge is -2.43. The molecule has 11 aromatic rings. The first-order valence-electron chi connectivity index (χ1n) is 24.5. The maximum absolute atomic E-state index is 7.10. The number of ether oxygens (including phenoxy) is 1. The Balaban J connectivity index is 1.14. The van der Waals surface area contributed by atoms with Crippen LogP contribution in [-0.4, -0.2) is 11.3 Å². The Morgan fingerprint density at radius 3 is 1.96 bits per heavy atom. The predicted molar refractivity (Wildman–Crippen MR) is 292 cm³/mol. The van der Waals surface area contributed by atoms with Crippen molar-refractivity contribution in [2.45, 2.75) is 52.4 Å². The molecule has 336 valence electrons. The van der Waals surface area contributed by atoms with E-state index in [-0.39, 0.29) is 17.7 Å².